The van der Waals surface area contributed by atoms with E-state index in [9.17, 15) is 13.2 Å². The smallest absolute Gasteiger partial charge is 0.406 e. The van der Waals surface area contributed by atoms with Gasteiger partial charge in [-0.1, -0.05) is 12.1 Å². The second-order valence-electron chi connectivity index (χ2n) is 5.84. The van der Waals surface area contributed by atoms with Crippen LogP contribution in [0.4, 0.5) is 13.2 Å². The third-order valence-electron chi connectivity index (χ3n) is 3.93. The Morgan fingerprint density at radius 1 is 1.27 bits per heavy atom. The zero-order valence-electron chi connectivity index (χ0n) is 14.9. The van der Waals surface area contributed by atoms with E-state index >= 15 is 0 Å². The first-order chi connectivity index (χ1) is 12.2. The molecular formula is C17H22F3N5O. The van der Waals surface area contributed by atoms with E-state index in [0.29, 0.717) is 6.54 Å². The maximum absolute atomic E-state index is 12.1. The third-order valence-corrected chi connectivity index (χ3v) is 3.93. The zero-order valence-corrected chi connectivity index (χ0v) is 14.9. The number of aromatic nitrogens is 2. The summed E-state index contributed by atoms with van der Waals surface area (Å²) >= 11 is 0. The number of ether oxygens (including phenoxy) is 1. The van der Waals surface area contributed by atoms with E-state index in [1.54, 1.807) is 0 Å². The molecule has 0 amide bonds. The van der Waals surface area contributed by atoms with E-state index < -0.39 is 6.36 Å². The third kappa shape index (κ3) is 5.68. The minimum atomic E-state index is -4.70. The number of rotatable bonds is 6. The van der Waals surface area contributed by atoms with Crippen LogP contribution in [0.25, 0.3) is 0 Å². The van der Waals surface area contributed by atoms with Gasteiger partial charge < -0.3 is 15.8 Å². The summed E-state index contributed by atoms with van der Waals surface area (Å²) in [4.78, 5) is 4.18. The number of halogens is 3. The summed E-state index contributed by atoms with van der Waals surface area (Å²) in [5, 5.41) is 7.39. The second kappa shape index (κ2) is 8.11. The minimum absolute atomic E-state index is 0.260. The Labute approximate surface area is 149 Å². The van der Waals surface area contributed by atoms with Gasteiger partial charge in [0.1, 0.15) is 5.75 Å². The number of aliphatic imine (C=N–C) groups is 1. The molecule has 142 valence electrons. The van der Waals surface area contributed by atoms with Crippen molar-refractivity contribution >= 4 is 5.96 Å². The second-order valence-corrected chi connectivity index (χ2v) is 5.84. The topological polar surface area (TPSA) is 77.5 Å². The number of guanidine groups is 1. The van der Waals surface area contributed by atoms with Gasteiger partial charge in [-0.15, -0.1) is 13.2 Å². The first kappa shape index (κ1) is 19.6. The molecule has 0 aliphatic heterocycles. The highest BCUT2D eigenvalue weighted by molar-refractivity contribution is 5.77. The molecule has 6 nitrogen and oxygen atoms in total. The standard InChI is InChI=1S/C17H22F3N5O/c1-11-15(12(2)25(3)24-11)8-9-22-16(21)23-10-13-4-6-14(7-5-13)26-17(18,19)20/h4-7H,8-10H2,1-3H3,(H3,21,22,23). The molecule has 2 rings (SSSR count). The Morgan fingerprint density at radius 2 is 1.92 bits per heavy atom. The molecule has 1 aromatic heterocycles. The van der Waals surface area contributed by atoms with Crippen molar-refractivity contribution in [1.29, 1.82) is 0 Å². The summed E-state index contributed by atoms with van der Waals surface area (Å²) in [5.41, 5.74) is 9.83. The van der Waals surface area contributed by atoms with Crippen LogP contribution in [0.1, 0.15) is 22.5 Å². The number of alkyl halides is 3. The van der Waals surface area contributed by atoms with Crippen molar-refractivity contribution in [2.24, 2.45) is 17.8 Å². The van der Waals surface area contributed by atoms with Crippen LogP contribution in [-0.4, -0.2) is 28.6 Å². The summed E-state index contributed by atoms with van der Waals surface area (Å²) in [7, 11) is 1.90. The Hall–Kier alpha value is -2.71. The monoisotopic (exact) mass is 369 g/mol. The van der Waals surface area contributed by atoms with E-state index in [1.807, 2.05) is 25.6 Å². The molecule has 0 fully saturated rings. The minimum Gasteiger partial charge on any atom is -0.406 e. The van der Waals surface area contributed by atoms with Crippen LogP contribution in [0.3, 0.4) is 0 Å². The Morgan fingerprint density at radius 3 is 2.46 bits per heavy atom. The van der Waals surface area contributed by atoms with E-state index in [-0.39, 0.29) is 18.3 Å². The number of nitrogens with one attached hydrogen (secondary N) is 1. The van der Waals surface area contributed by atoms with E-state index in [1.165, 1.54) is 29.8 Å². The fourth-order valence-electron chi connectivity index (χ4n) is 2.52. The van der Waals surface area contributed by atoms with Gasteiger partial charge in [0.05, 0.1) is 12.2 Å². The fraction of sp³-hybridized carbons (Fsp3) is 0.412. The van der Waals surface area contributed by atoms with Crippen LogP contribution >= 0.6 is 0 Å². The molecule has 1 aromatic carbocycles. The summed E-state index contributed by atoms with van der Waals surface area (Å²) < 4.78 is 42.0. The molecule has 0 bridgehead atoms. The number of nitrogens with zero attached hydrogens (tertiary/aromatic N) is 3. The van der Waals surface area contributed by atoms with Crippen LogP contribution in [-0.2, 0) is 20.0 Å². The maximum atomic E-state index is 12.1. The molecule has 26 heavy (non-hydrogen) atoms. The van der Waals surface area contributed by atoms with Crippen molar-refractivity contribution in [1.82, 2.24) is 15.1 Å². The number of hydrogen-bond acceptors (Lipinski definition) is 3. The molecule has 0 aliphatic carbocycles. The lowest BCUT2D eigenvalue weighted by Gasteiger charge is -2.09. The van der Waals surface area contributed by atoms with E-state index in [0.717, 1.165) is 23.4 Å². The highest BCUT2D eigenvalue weighted by Gasteiger charge is 2.30. The fourth-order valence-corrected chi connectivity index (χ4v) is 2.52. The van der Waals surface area contributed by atoms with E-state index in [4.69, 9.17) is 5.73 Å². The Bertz CT molecular complexity index is 766. The lowest BCUT2D eigenvalue weighted by Crippen LogP contribution is -2.33. The van der Waals surface area contributed by atoms with Gasteiger partial charge in [-0.25, -0.2) is 4.99 Å². The normalized spacial score (nSPS) is 12.3. The molecular weight excluding hydrogens is 347 g/mol. The maximum Gasteiger partial charge on any atom is 0.573 e. The first-order valence-corrected chi connectivity index (χ1v) is 8.03. The van der Waals surface area contributed by atoms with Crippen molar-refractivity contribution in [3.8, 4) is 5.75 Å². The van der Waals surface area contributed by atoms with Crippen molar-refractivity contribution in [2.75, 3.05) is 6.54 Å². The summed E-state index contributed by atoms with van der Waals surface area (Å²) in [6.45, 7) is 4.85. The van der Waals surface area contributed by atoms with Gasteiger partial charge >= 0.3 is 6.36 Å². The molecule has 0 spiro atoms. The quantitative estimate of drug-likeness (QED) is 0.606. The summed E-state index contributed by atoms with van der Waals surface area (Å²) in [6, 6.07) is 5.52. The molecule has 0 radical (unpaired) electrons. The van der Waals surface area contributed by atoms with Gasteiger partial charge in [-0.05, 0) is 43.5 Å². The van der Waals surface area contributed by atoms with Crippen molar-refractivity contribution in [2.45, 2.75) is 33.2 Å². The predicted molar refractivity (Wildman–Crippen MR) is 92.8 cm³/mol. The Kier molecular flexibility index (Phi) is 6.12. The number of hydrogen-bond donors (Lipinski definition) is 2. The van der Waals surface area contributed by atoms with Crippen molar-refractivity contribution in [3.63, 3.8) is 0 Å². The first-order valence-electron chi connectivity index (χ1n) is 8.03. The number of aryl methyl sites for hydroxylation is 2. The van der Waals surface area contributed by atoms with Gasteiger partial charge in [-0.3, -0.25) is 4.68 Å². The van der Waals surface area contributed by atoms with Crippen LogP contribution in [0, 0.1) is 13.8 Å². The van der Waals surface area contributed by atoms with Gasteiger partial charge in [0, 0.05) is 19.3 Å². The lowest BCUT2D eigenvalue weighted by molar-refractivity contribution is -0.274. The number of nitrogens with two attached hydrogens (primary N) is 1. The van der Waals surface area contributed by atoms with Gasteiger partial charge in [0.15, 0.2) is 5.96 Å². The van der Waals surface area contributed by atoms with Gasteiger partial charge in [0.25, 0.3) is 0 Å². The molecule has 0 saturated heterocycles. The largest absolute Gasteiger partial charge is 0.573 e. The molecule has 2 aromatic rings. The van der Waals surface area contributed by atoms with E-state index in [2.05, 4.69) is 20.1 Å². The van der Waals surface area contributed by atoms with Crippen LogP contribution in [0.5, 0.6) is 5.75 Å². The zero-order chi connectivity index (χ0) is 19.3. The Balaban J connectivity index is 1.82. The lowest BCUT2D eigenvalue weighted by atomic mass is 10.1. The summed E-state index contributed by atoms with van der Waals surface area (Å²) in [5.74, 6) is 0.0124. The average molecular weight is 369 g/mol. The van der Waals surface area contributed by atoms with Crippen molar-refractivity contribution in [3.05, 3.63) is 46.8 Å². The highest BCUT2D eigenvalue weighted by Crippen LogP contribution is 2.22. The molecule has 9 heteroatoms. The SMILES string of the molecule is Cc1nn(C)c(C)c1CCNC(N)=NCc1ccc(OC(F)(F)F)cc1. The van der Waals surface area contributed by atoms with Crippen molar-refractivity contribution < 1.29 is 17.9 Å². The molecule has 0 aliphatic rings. The molecule has 0 saturated carbocycles. The molecule has 0 atom stereocenters. The average Bonchev–Trinajstić information content (AvgIpc) is 2.79. The number of benzene rings is 1. The predicted octanol–water partition coefficient (Wildman–Crippen LogP) is 2.58. The van der Waals surface area contributed by atoms with Crippen LogP contribution in [0.15, 0.2) is 29.3 Å². The van der Waals surface area contributed by atoms with Gasteiger partial charge in [0.2, 0.25) is 0 Å². The van der Waals surface area contributed by atoms with Gasteiger partial charge in [-0.2, -0.15) is 5.10 Å². The van der Waals surface area contributed by atoms with Crippen LogP contribution < -0.4 is 15.8 Å². The molecule has 0 unspecified atom stereocenters. The van der Waals surface area contributed by atoms with Crippen LogP contribution in [0.2, 0.25) is 0 Å². The highest BCUT2D eigenvalue weighted by atomic mass is 19.4. The summed E-state index contributed by atoms with van der Waals surface area (Å²) in [6.07, 6.45) is -3.93. The molecule has 1 heterocycles. The molecule has 3 N–H and O–H groups in total.